The summed E-state index contributed by atoms with van der Waals surface area (Å²) in [5, 5.41) is 0. The number of benzene rings is 1. The van der Waals surface area contributed by atoms with Crippen molar-refractivity contribution in [2.45, 2.75) is 33.6 Å². The van der Waals surface area contributed by atoms with E-state index < -0.39 is 5.97 Å². The van der Waals surface area contributed by atoms with Gasteiger partial charge in [0.05, 0.1) is 5.56 Å². The number of likely N-dealkylation sites (tertiary alicyclic amines) is 1. The predicted octanol–water partition coefficient (Wildman–Crippen LogP) is 3.51. The fraction of sp³-hybridized carbons (Fsp3) is 0.429. The lowest BCUT2D eigenvalue weighted by Crippen LogP contribution is -2.41. The van der Waals surface area contributed by atoms with Gasteiger partial charge in [-0.2, -0.15) is 0 Å². The summed E-state index contributed by atoms with van der Waals surface area (Å²) in [5.41, 5.74) is 3.73. The first-order valence-corrected chi connectivity index (χ1v) is 9.16. The molecular weight excluding hydrogens is 328 g/mol. The van der Waals surface area contributed by atoms with Crippen molar-refractivity contribution < 1.29 is 14.3 Å². The molecule has 1 fully saturated rings. The van der Waals surface area contributed by atoms with Gasteiger partial charge in [-0.05, 0) is 69.0 Å². The van der Waals surface area contributed by atoms with Crippen molar-refractivity contribution in [3.8, 4) is 5.69 Å². The summed E-state index contributed by atoms with van der Waals surface area (Å²) < 4.78 is 7.34. The van der Waals surface area contributed by atoms with Crippen molar-refractivity contribution in [1.82, 2.24) is 9.47 Å². The summed E-state index contributed by atoms with van der Waals surface area (Å²) >= 11 is 0. The molecule has 0 N–H and O–H groups in total. The quantitative estimate of drug-likeness (QED) is 0.790. The van der Waals surface area contributed by atoms with E-state index in [9.17, 15) is 9.59 Å². The highest BCUT2D eigenvalue weighted by Gasteiger charge is 2.22. The Bertz CT molecular complexity index is 773. The van der Waals surface area contributed by atoms with Crippen molar-refractivity contribution in [3.63, 3.8) is 0 Å². The van der Waals surface area contributed by atoms with Gasteiger partial charge in [0.1, 0.15) is 0 Å². The molecule has 0 radical (unpaired) electrons. The topological polar surface area (TPSA) is 51.5 Å². The van der Waals surface area contributed by atoms with Crippen LogP contribution in [0.2, 0.25) is 0 Å². The van der Waals surface area contributed by atoms with Crippen molar-refractivity contribution in [1.29, 1.82) is 0 Å². The fourth-order valence-corrected chi connectivity index (χ4v) is 3.54. The zero-order valence-corrected chi connectivity index (χ0v) is 15.7. The Morgan fingerprint density at radius 3 is 2.35 bits per heavy atom. The van der Waals surface area contributed by atoms with Crippen molar-refractivity contribution >= 4 is 11.9 Å². The van der Waals surface area contributed by atoms with Crippen LogP contribution in [-0.4, -0.2) is 41.0 Å². The van der Waals surface area contributed by atoms with E-state index in [0.717, 1.165) is 43.0 Å². The summed E-state index contributed by atoms with van der Waals surface area (Å²) in [6, 6.07) is 11.4. The molecule has 5 heteroatoms. The minimum Gasteiger partial charge on any atom is -0.452 e. The number of hydrogen-bond donors (Lipinski definition) is 0. The molecule has 3 rings (SSSR count). The molecule has 0 spiro atoms. The van der Waals surface area contributed by atoms with E-state index in [1.807, 2.05) is 26.0 Å². The number of piperidine rings is 1. The number of aromatic nitrogens is 1. The van der Waals surface area contributed by atoms with Gasteiger partial charge >= 0.3 is 5.97 Å². The van der Waals surface area contributed by atoms with Gasteiger partial charge in [-0.25, -0.2) is 4.79 Å². The molecular formula is C21H26N2O3. The van der Waals surface area contributed by atoms with Crippen LogP contribution >= 0.6 is 0 Å². The number of carbonyl (C=O) groups excluding carboxylic acids is 2. The summed E-state index contributed by atoms with van der Waals surface area (Å²) in [6.07, 6.45) is 2.16. The molecule has 1 amide bonds. The highest BCUT2D eigenvalue weighted by atomic mass is 16.5. The summed E-state index contributed by atoms with van der Waals surface area (Å²) in [5.74, 6) is -0.0624. The fourth-order valence-electron chi connectivity index (χ4n) is 3.54. The van der Waals surface area contributed by atoms with Crippen LogP contribution in [0.1, 0.15) is 41.5 Å². The molecule has 5 nitrogen and oxygen atoms in total. The van der Waals surface area contributed by atoms with Gasteiger partial charge in [-0.1, -0.05) is 6.92 Å². The number of rotatable bonds is 4. The molecule has 1 aromatic carbocycles. The number of nitrogens with zero attached hydrogens (tertiary/aromatic N) is 2. The first kappa shape index (κ1) is 18.2. The van der Waals surface area contributed by atoms with Gasteiger partial charge in [0.25, 0.3) is 5.91 Å². The van der Waals surface area contributed by atoms with Crippen molar-refractivity contribution in [2.75, 3.05) is 19.7 Å². The van der Waals surface area contributed by atoms with Gasteiger partial charge in [-0.15, -0.1) is 0 Å². The number of carbonyl (C=O) groups is 2. The van der Waals surface area contributed by atoms with Crippen LogP contribution in [0.25, 0.3) is 5.69 Å². The normalized spacial score (nSPS) is 17.2. The molecule has 1 aliphatic rings. The summed E-state index contributed by atoms with van der Waals surface area (Å²) in [4.78, 5) is 26.2. The van der Waals surface area contributed by atoms with Crippen LogP contribution in [0, 0.1) is 19.8 Å². The molecule has 2 heterocycles. The van der Waals surface area contributed by atoms with Gasteiger partial charge in [0.15, 0.2) is 6.61 Å². The second-order valence-corrected chi connectivity index (χ2v) is 7.16. The molecule has 1 atom stereocenters. The van der Waals surface area contributed by atoms with E-state index >= 15 is 0 Å². The third kappa shape index (κ3) is 3.98. The molecule has 1 unspecified atom stereocenters. The van der Waals surface area contributed by atoms with Crippen molar-refractivity contribution in [3.05, 3.63) is 53.3 Å². The maximum absolute atomic E-state index is 12.2. The molecule has 2 aromatic rings. The third-order valence-corrected chi connectivity index (χ3v) is 4.97. The van der Waals surface area contributed by atoms with Crippen LogP contribution < -0.4 is 0 Å². The minimum absolute atomic E-state index is 0.111. The maximum atomic E-state index is 12.2. The molecule has 1 aromatic heterocycles. The highest BCUT2D eigenvalue weighted by molar-refractivity contribution is 5.91. The Balaban J connectivity index is 1.59. The predicted molar refractivity (Wildman–Crippen MR) is 101 cm³/mol. The average molecular weight is 354 g/mol. The lowest BCUT2D eigenvalue weighted by atomic mass is 10.0. The van der Waals surface area contributed by atoms with Crippen LogP contribution in [0.3, 0.4) is 0 Å². The number of ether oxygens (including phenoxy) is 1. The van der Waals surface area contributed by atoms with E-state index in [4.69, 9.17) is 4.74 Å². The Hall–Kier alpha value is -2.56. The highest BCUT2D eigenvalue weighted by Crippen LogP contribution is 2.18. The smallest absolute Gasteiger partial charge is 0.338 e. The maximum Gasteiger partial charge on any atom is 0.338 e. The molecule has 138 valence electrons. The van der Waals surface area contributed by atoms with E-state index in [2.05, 4.69) is 23.6 Å². The van der Waals surface area contributed by atoms with Gasteiger partial charge in [0, 0.05) is 30.2 Å². The molecule has 0 bridgehead atoms. The average Bonchev–Trinajstić information content (AvgIpc) is 2.98. The first-order valence-electron chi connectivity index (χ1n) is 9.16. The number of esters is 1. The molecule has 1 aliphatic heterocycles. The van der Waals surface area contributed by atoms with Crippen LogP contribution in [0.5, 0.6) is 0 Å². The van der Waals surface area contributed by atoms with Gasteiger partial charge in [0.2, 0.25) is 0 Å². The first-order chi connectivity index (χ1) is 12.5. The van der Waals surface area contributed by atoms with E-state index in [0.29, 0.717) is 11.5 Å². The second-order valence-electron chi connectivity index (χ2n) is 7.16. The molecule has 26 heavy (non-hydrogen) atoms. The van der Waals surface area contributed by atoms with E-state index in [1.54, 1.807) is 17.0 Å². The third-order valence-electron chi connectivity index (χ3n) is 4.97. The van der Waals surface area contributed by atoms with E-state index in [1.165, 1.54) is 0 Å². The second kappa shape index (κ2) is 7.77. The number of aryl methyl sites for hydroxylation is 2. The van der Waals surface area contributed by atoms with Crippen LogP contribution in [0.15, 0.2) is 36.4 Å². The summed E-state index contributed by atoms with van der Waals surface area (Å²) in [7, 11) is 0. The monoisotopic (exact) mass is 354 g/mol. The Labute approximate surface area is 154 Å². The van der Waals surface area contributed by atoms with Crippen LogP contribution in [-0.2, 0) is 9.53 Å². The van der Waals surface area contributed by atoms with E-state index in [-0.39, 0.29) is 12.5 Å². The molecule has 0 aliphatic carbocycles. The number of hydrogen-bond acceptors (Lipinski definition) is 3. The number of amides is 1. The van der Waals surface area contributed by atoms with Gasteiger partial charge in [-0.3, -0.25) is 4.79 Å². The van der Waals surface area contributed by atoms with Crippen molar-refractivity contribution in [2.24, 2.45) is 5.92 Å². The standard InChI is InChI=1S/C21H26N2O3/c1-15-5-4-12-22(13-15)20(24)14-26-21(25)18-8-10-19(11-9-18)23-16(2)6-7-17(23)3/h6-11,15H,4-5,12-14H2,1-3H3. The molecule has 0 saturated carbocycles. The molecule has 1 saturated heterocycles. The SMILES string of the molecule is Cc1ccc(C)n1-c1ccc(C(=O)OCC(=O)N2CCCC(C)C2)cc1. The lowest BCUT2D eigenvalue weighted by molar-refractivity contribution is -0.136. The Morgan fingerprint density at radius 2 is 1.73 bits per heavy atom. The zero-order chi connectivity index (χ0) is 18.7. The summed E-state index contributed by atoms with van der Waals surface area (Å²) in [6.45, 7) is 7.54. The lowest BCUT2D eigenvalue weighted by Gasteiger charge is -2.30. The zero-order valence-electron chi connectivity index (χ0n) is 15.7. The largest absolute Gasteiger partial charge is 0.452 e. The van der Waals surface area contributed by atoms with Crippen LogP contribution in [0.4, 0.5) is 0 Å². The minimum atomic E-state index is -0.462. The van der Waals surface area contributed by atoms with Gasteiger partial charge < -0.3 is 14.2 Å². The Kier molecular flexibility index (Phi) is 5.45. The Morgan fingerprint density at radius 1 is 1.08 bits per heavy atom.